The molecule has 0 saturated heterocycles. The van der Waals surface area contributed by atoms with Gasteiger partial charge in [0.1, 0.15) is 5.54 Å². The van der Waals surface area contributed by atoms with Crippen LogP contribution in [0.4, 0.5) is 13.2 Å². The molecular weight excluding hydrogens is 393 g/mol. The summed E-state index contributed by atoms with van der Waals surface area (Å²) in [5, 5.41) is 2.64. The van der Waals surface area contributed by atoms with Gasteiger partial charge in [0, 0.05) is 5.41 Å². The van der Waals surface area contributed by atoms with Gasteiger partial charge in [-0.05, 0) is 49.9 Å². The molecule has 1 N–H and O–H groups in total. The lowest BCUT2D eigenvalue weighted by Gasteiger charge is -2.51. The summed E-state index contributed by atoms with van der Waals surface area (Å²) in [7, 11) is 0. The number of carbonyl (C=O) groups is 1. The van der Waals surface area contributed by atoms with E-state index >= 15 is 0 Å². The Kier molecular flexibility index (Phi) is 4.97. The predicted molar refractivity (Wildman–Crippen MR) is 107 cm³/mol. The van der Waals surface area contributed by atoms with Gasteiger partial charge in [-0.1, -0.05) is 42.0 Å². The SMILES string of the molecule is Cc1cc([C@@H](C)OCC2(c3ccccc3)CC3(C2)N=CNC3=O)cc(C(F)(F)F)c1. The van der Waals surface area contributed by atoms with Gasteiger partial charge in [-0.3, -0.25) is 9.79 Å². The minimum absolute atomic E-state index is 0.115. The van der Waals surface area contributed by atoms with Crippen LogP contribution in [-0.4, -0.2) is 24.4 Å². The first-order valence-corrected chi connectivity index (χ1v) is 9.84. The first-order valence-electron chi connectivity index (χ1n) is 9.84. The summed E-state index contributed by atoms with van der Waals surface area (Å²) < 4.78 is 45.7. The van der Waals surface area contributed by atoms with Gasteiger partial charge in [0.25, 0.3) is 5.91 Å². The highest BCUT2D eigenvalue weighted by molar-refractivity contribution is 6.01. The summed E-state index contributed by atoms with van der Waals surface area (Å²) >= 11 is 0. The number of aryl methyl sites for hydroxylation is 1. The lowest BCUT2D eigenvalue weighted by Crippen LogP contribution is -2.60. The molecule has 2 aromatic carbocycles. The highest BCUT2D eigenvalue weighted by Gasteiger charge is 2.61. The standard InChI is InChI=1S/C23H23F3N2O2/c1-15-8-17(10-19(9-15)23(24,25)26)16(2)30-13-21(18-6-4-3-5-7-18)11-22(12-21)20(29)27-14-28-22/h3-10,14,16H,11-13H2,1-2H3,(H,27,28,29)/t16-,21?,22?/m1/s1. The van der Waals surface area contributed by atoms with Crippen LogP contribution >= 0.6 is 0 Å². The molecule has 1 aliphatic carbocycles. The third-order valence-electron chi connectivity index (χ3n) is 6.08. The highest BCUT2D eigenvalue weighted by atomic mass is 19.4. The highest BCUT2D eigenvalue weighted by Crippen LogP contribution is 2.54. The topological polar surface area (TPSA) is 50.7 Å². The molecule has 7 heteroatoms. The molecule has 1 atom stereocenters. The Morgan fingerprint density at radius 2 is 1.87 bits per heavy atom. The number of alkyl halides is 3. The fourth-order valence-corrected chi connectivity index (χ4v) is 4.50. The molecule has 2 aliphatic rings. The van der Waals surface area contributed by atoms with E-state index in [-0.39, 0.29) is 12.5 Å². The number of aliphatic imine (C=N–C) groups is 1. The molecule has 0 unspecified atom stereocenters. The molecule has 1 heterocycles. The minimum Gasteiger partial charge on any atom is -0.373 e. The van der Waals surface area contributed by atoms with E-state index in [1.54, 1.807) is 19.9 Å². The van der Waals surface area contributed by atoms with E-state index in [1.807, 2.05) is 30.3 Å². The van der Waals surface area contributed by atoms with Crippen LogP contribution in [0.15, 0.2) is 53.5 Å². The number of carbonyl (C=O) groups excluding carboxylic acids is 1. The van der Waals surface area contributed by atoms with Gasteiger partial charge < -0.3 is 10.1 Å². The van der Waals surface area contributed by atoms with Crippen molar-refractivity contribution >= 4 is 12.2 Å². The van der Waals surface area contributed by atoms with E-state index in [1.165, 1.54) is 6.34 Å². The fourth-order valence-electron chi connectivity index (χ4n) is 4.50. The van der Waals surface area contributed by atoms with Crippen molar-refractivity contribution in [2.75, 3.05) is 6.61 Å². The molecule has 4 nitrogen and oxygen atoms in total. The third kappa shape index (κ3) is 3.62. The second kappa shape index (κ2) is 7.23. The zero-order valence-electron chi connectivity index (χ0n) is 16.8. The lowest BCUT2D eigenvalue weighted by molar-refractivity contribution is -0.137. The number of halogens is 3. The van der Waals surface area contributed by atoms with Gasteiger partial charge in [0.15, 0.2) is 0 Å². The molecule has 1 saturated carbocycles. The summed E-state index contributed by atoms with van der Waals surface area (Å²) in [5.41, 5.74) is 0.201. The van der Waals surface area contributed by atoms with Crippen LogP contribution in [0.2, 0.25) is 0 Å². The molecule has 158 valence electrons. The molecule has 1 amide bonds. The van der Waals surface area contributed by atoms with E-state index in [0.29, 0.717) is 24.0 Å². The maximum absolute atomic E-state index is 13.2. The molecule has 0 aromatic heterocycles. The summed E-state index contributed by atoms with van der Waals surface area (Å²) in [5.74, 6) is -0.115. The van der Waals surface area contributed by atoms with Crippen LogP contribution in [-0.2, 0) is 21.1 Å². The van der Waals surface area contributed by atoms with E-state index in [4.69, 9.17) is 4.74 Å². The second-order valence-corrected chi connectivity index (χ2v) is 8.35. The Morgan fingerprint density at radius 3 is 2.47 bits per heavy atom. The van der Waals surface area contributed by atoms with Gasteiger partial charge in [-0.15, -0.1) is 0 Å². The molecule has 2 aromatic rings. The molecular formula is C23H23F3N2O2. The summed E-state index contributed by atoms with van der Waals surface area (Å²) in [4.78, 5) is 16.6. The average molecular weight is 416 g/mol. The monoisotopic (exact) mass is 416 g/mol. The van der Waals surface area contributed by atoms with Crippen LogP contribution in [0.3, 0.4) is 0 Å². The largest absolute Gasteiger partial charge is 0.416 e. The second-order valence-electron chi connectivity index (χ2n) is 8.35. The Balaban J connectivity index is 1.55. The summed E-state index contributed by atoms with van der Waals surface area (Å²) in [6.45, 7) is 3.68. The molecule has 30 heavy (non-hydrogen) atoms. The lowest BCUT2D eigenvalue weighted by atomic mass is 9.55. The van der Waals surface area contributed by atoms with Crippen molar-refractivity contribution in [2.24, 2.45) is 4.99 Å². The molecule has 0 radical (unpaired) electrons. The molecule has 4 rings (SSSR count). The predicted octanol–water partition coefficient (Wildman–Crippen LogP) is 4.72. The van der Waals surface area contributed by atoms with Crippen LogP contribution < -0.4 is 5.32 Å². The number of nitrogens with one attached hydrogen (secondary N) is 1. The van der Waals surface area contributed by atoms with Crippen molar-refractivity contribution in [2.45, 2.75) is 49.9 Å². The Hall–Kier alpha value is -2.67. The fraction of sp³-hybridized carbons (Fsp3) is 0.391. The van der Waals surface area contributed by atoms with Crippen LogP contribution in [0.5, 0.6) is 0 Å². The third-order valence-corrected chi connectivity index (χ3v) is 6.08. The van der Waals surface area contributed by atoms with E-state index < -0.39 is 28.8 Å². The number of benzene rings is 2. The first kappa shape index (κ1) is 20.6. The molecule has 0 bridgehead atoms. The zero-order chi connectivity index (χ0) is 21.6. The van der Waals surface area contributed by atoms with E-state index in [2.05, 4.69) is 10.3 Å². The van der Waals surface area contributed by atoms with Gasteiger partial charge >= 0.3 is 6.18 Å². The number of nitrogens with zero attached hydrogens (tertiary/aromatic N) is 1. The van der Waals surface area contributed by atoms with Gasteiger partial charge in [-0.25, -0.2) is 0 Å². The Morgan fingerprint density at radius 1 is 1.17 bits per heavy atom. The van der Waals surface area contributed by atoms with Gasteiger partial charge in [0.2, 0.25) is 0 Å². The van der Waals surface area contributed by atoms with Crippen molar-refractivity contribution < 1.29 is 22.7 Å². The number of rotatable bonds is 5. The summed E-state index contributed by atoms with van der Waals surface area (Å²) in [6.07, 6.45) is -2.49. The molecule has 1 aliphatic heterocycles. The minimum atomic E-state index is -4.40. The van der Waals surface area contributed by atoms with Gasteiger partial charge in [0.05, 0.1) is 24.6 Å². The van der Waals surface area contributed by atoms with Crippen molar-refractivity contribution in [3.8, 4) is 0 Å². The number of hydrogen-bond donors (Lipinski definition) is 1. The molecule has 1 spiro atoms. The van der Waals surface area contributed by atoms with E-state index in [0.717, 1.165) is 17.7 Å². The maximum atomic E-state index is 13.2. The Labute approximate surface area is 173 Å². The number of amides is 1. The van der Waals surface area contributed by atoms with Crippen LogP contribution in [0, 0.1) is 6.92 Å². The van der Waals surface area contributed by atoms with Crippen molar-refractivity contribution in [1.82, 2.24) is 5.32 Å². The number of hydrogen-bond acceptors (Lipinski definition) is 3. The van der Waals surface area contributed by atoms with Crippen molar-refractivity contribution in [1.29, 1.82) is 0 Å². The average Bonchev–Trinajstić information content (AvgIpc) is 3.05. The number of ether oxygens (including phenoxy) is 1. The van der Waals surface area contributed by atoms with Crippen LogP contribution in [0.1, 0.15) is 48.1 Å². The maximum Gasteiger partial charge on any atom is 0.416 e. The quantitative estimate of drug-likeness (QED) is 0.767. The van der Waals surface area contributed by atoms with E-state index in [9.17, 15) is 18.0 Å². The smallest absolute Gasteiger partial charge is 0.373 e. The van der Waals surface area contributed by atoms with Crippen molar-refractivity contribution in [3.05, 3.63) is 70.8 Å². The normalized spacial score (nSPS) is 26.5. The Bertz CT molecular complexity index is 980. The first-order chi connectivity index (χ1) is 14.1. The van der Waals surface area contributed by atoms with Crippen LogP contribution in [0.25, 0.3) is 0 Å². The zero-order valence-corrected chi connectivity index (χ0v) is 16.8. The van der Waals surface area contributed by atoms with Crippen molar-refractivity contribution in [3.63, 3.8) is 0 Å². The van der Waals surface area contributed by atoms with Gasteiger partial charge in [-0.2, -0.15) is 13.2 Å². The molecule has 1 fully saturated rings. The summed E-state index contributed by atoms with van der Waals surface area (Å²) in [6, 6.07) is 13.8.